The first-order valence-electron chi connectivity index (χ1n) is 14.3. The second kappa shape index (κ2) is 9.70. The summed E-state index contributed by atoms with van der Waals surface area (Å²) in [4.78, 5) is 14.1. The van der Waals surface area contributed by atoms with Crippen LogP contribution in [0.25, 0.3) is 32.1 Å². The number of hydrogen-bond donors (Lipinski definition) is 2. The van der Waals surface area contributed by atoms with E-state index in [4.69, 9.17) is 20.2 Å². The maximum absolute atomic E-state index is 17.1. The molecule has 4 aromatic rings. The number of ether oxygens (including phenoxy) is 2. The minimum Gasteiger partial charge on any atom is -0.462 e. The molecule has 3 atom stereocenters. The van der Waals surface area contributed by atoms with Crippen LogP contribution in [0.2, 0.25) is 0 Å². The third-order valence-electron chi connectivity index (χ3n) is 9.42. The highest BCUT2D eigenvalue weighted by Crippen LogP contribution is 2.48. The van der Waals surface area contributed by atoms with Gasteiger partial charge < -0.3 is 25.4 Å². The van der Waals surface area contributed by atoms with E-state index in [2.05, 4.69) is 26.2 Å². The van der Waals surface area contributed by atoms with E-state index in [0.717, 1.165) is 44.5 Å². The van der Waals surface area contributed by atoms with Gasteiger partial charge in [-0.25, -0.2) is 8.78 Å². The van der Waals surface area contributed by atoms with Gasteiger partial charge in [-0.05, 0) is 56.1 Å². The van der Waals surface area contributed by atoms with Crippen LogP contribution in [-0.2, 0) is 18.0 Å². The van der Waals surface area contributed by atoms with Crippen LogP contribution in [0.15, 0.2) is 12.1 Å². The van der Waals surface area contributed by atoms with Crippen molar-refractivity contribution in [1.29, 1.82) is 5.26 Å². The topological polar surface area (TPSA) is 113 Å². The van der Waals surface area contributed by atoms with Crippen molar-refractivity contribution in [3.8, 4) is 23.2 Å². The number of piperazine rings is 1. The number of halogens is 2. The van der Waals surface area contributed by atoms with E-state index in [1.54, 1.807) is 6.07 Å². The summed E-state index contributed by atoms with van der Waals surface area (Å²) in [5.41, 5.74) is 7.74. The van der Waals surface area contributed by atoms with Crippen molar-refractivity contribution in [2.45, 2.75) is 50.6 Å². The van der Waals surface area contributed by atoms with Crippen LogP contribution < -0.4 is 20.7 Å². The Morgan fingerprint density at radius 2 is 1.90 bits per heavy atom. The fourth-order valence-electron chi connectivity index (χ4n) is 7.12. The molecule has 3 fully saturated rings. The zero-order valence-electron chi connectivity index (χ0n) is 23.0. The quantitative estimate of drug-likeness (QED) is 0.352. The van der Waals surface area contributed by atoms with Gasteiger partial charge in [0.15, 0.2) is 5.82 Å². The average Bonchev–Trinajstić information content (AvgIpc) is 3.66. The fourth-order valence-corrected chi connectivity index (χ4v) is 8.05. The highest BCUT2D eigenvalue weighted by molar-refractivity contribution is 7.23. The van der Waals surface area contributed by atoms with Gasteiger partial charge in [0.1, 0.15) is 34.8 Å². The predicted octanol–water partition coefficient (Wildman–Crippen LogP) is 4.30. The van der Waals surface area contributed by atoms with E-state index in [0.29, 0.717) is 33.5 Å². The van der Waals surface area contributed by atoms with Crippen molar-refractivity contribution in [2.24, 2.45) is 0 Å². The minimum atomic E-state index is -0.675. The van der Waals surface area contributed by atoms with Crippen molar-refractivity contribution >= 4 is 43.1 Å². The molecule has 2 bridgehead atoms. The Morgan fingerprint density at radius 3 is 2.62 bits per heavy atom. The van der Waals surface area contributed by atoms with Gasteiger partial charge in [-0.15, -0.1) is 11.3 Å². The number of nitrogens with one attached hydrogen (secondary N) is 1. The Balaban J connectivity index is 1.40. The van der Waals surface area contributed by atoms with E-state index >= 15 is 8.78 Å². The summed E-state index contributed by atoms with van der Waals surface area (Å²) in [5.74, 6) is -0.663. The molecule has 216 valence electrons. The molecule has 0 spiro atoms. The lowest BCUT2D eigenvalue weighted by molar-refractivity contribution is 0.0732. The molecule has 4 aliphatic heterocycles. The smallest absolute Gasteiger partial charge is 0.319 e. The molecule has 3 N–H and O–H groups in total. The number of likely N-dealkylation sites (N-methyl/N-ethyl adjacent to an activating group) is 1. The Kier molecular flexibility index (Phi) is 6.01. The summed E-state index contributed by atoms with van der Waals surface area (Å²) in [5, 5.41) is 14.6. The van der Waals surface area contributed by atoms with E-state index in [1.165, 1.54) is 17.4 Å². The first-order valence-corrected chi connectivity index (χ1v) is 15.1. The Morgan fingerprint density at radius 1 is 1.12 bits per heavy atom. The zero-order chi connectivity index (χ0) is 28.7. The number of fused-ring (bicyclic) bond motifs is 6. The van der Waals surface area contributed by atoms with Crippen LogP contribution in [0, 0.1) is 23.0 Å². The molecule has 2 aromatic heterocycles. The van der Waals surface area contributed by atoms with E-state index in [9.17, 15) is 5.26 Å². The summed E-state index contributed by atoms with van der Waals surface area (Å²) in [6.07, 6.45) is 3.03. The van der Waals surface area contributed by atoms with E-state index in [-0.39, 0.29) is 64.6 Å². The SMILES string of the molecule is CN1CCC1COc1nc(N2C3CCC2CNC3)c2c3c(c(-c4c(F)ccc5sc(N)c(C#N)c45)c(F)c2n1)COC3. The van der Waals surface area contributed by atoms with Gasteiger partial charge >= 0.3 is 6.01 Å². The molecular weight excluding hydrogens is 560 g/mol. The maximum atomic E-state index is 17.1. The molecule has 0 radical (unpaired) electrons. The van der Waals surface area contributed by atoms with Crippen molar-refractivity contribution in [3.05, 3.63) is 40.5 Å². The highest BCUT2D eigenvalue weighted by atomic mass is 32.1. The summed E-state index contributed by atoms with van der Waals surface area (Å²) in [6.45, 7) is 3.35. The lowest BCUT2D eigenvalue weighted by Gasteiger charge is -2.38. The van der Waals surface area contributed by atoms with Crippen LogP contribution in [0.3, 0.4) is 0 Å². The molecule has 8 rings (SSSR count). The molecule has 4 aliphatic rings. The fraction of sp³-hybridized carbons (Fsp3) is 0.433. The lowest BCUT2D eigenvalue weighted by atomic mass is 9.90. The van der Waals surface area contributed by atoms with Gasteiger partial charge in [-0.3, -0.25) is 4.90 Å². The molecule has 6 heterocycles. The molecular formula is C30H29F2N7O2S. The van der Waals surface area contributed by atoms with Crippen molar-refractivity contribution in [1.82, 2.24) is 20.2 Å². The average molecular weight is 590 g/mol. The number of nitrogens with zero attached hydrogens (tertiary/aromatic N) is 5. The molecule has 3 saturated heterocycles. The minimum absolute atomic E-state index is 0.0131. The number of nitriles is 1. The van der Waals surface area contributed by atoms with Crippen LogP contribution >= 0.6 is 11.3 Å². The molecule has 42 heavy (non-hydrogen) atoms. The number of aromatic nitrogens is 2. The number of anilines is 2. The summed E-state index contributed by atoms with van der Waals surface area (Å²) in [6, 6.07) is 5.76. The Bertz CT molecular complexity index is 1810. The Hall–Kier alpha value is -3.63. The van der Waals surface area contributed by atoms with Crippen molar-refractivity contribution in [2.75, 3.05) is 43.9 Å². The monoisotopic (exact) mass is 589 g/mol. The third kappa shape index (κ3) is 3.74. The summed E-state index contributed by atoms with van der Waals surface area (Å²) >= 11 is 1.18. The number of benzene rings is 2. The third-order valence-corrected chi connectivity index (χ3v) is 10.4. The van der Waals surface area contributed by atoms with Gasteiger partial charge in [0.25, 0.3) is 0 Å². The normalized spacial score (nSPS) is 23.4. The lowest BCUT2D eigenvalue weighted by Crippen LogP contribution is -2.52. The van der Waals surface area contributed by atoms with Crippen LogP contribution in [0.1, 0.15) is 36.0 Å². The van der Waals surface area contributed by atoms with Crippen LogP contribution in [0.5, 0.6) is 6.01 Å². The molecule has 0 aliphatic carbocycles. The summed E-state index contributed by atoms with van der Waals surface area (Å²) in [7, 11) is 2.04. The summed E-state index contributed by atoms with van der Waals surface area (Å²) < 4.78 is 45.6. The number of rotatable bonds is 5. The number of likely N-dealkylation sites (tertiary alicyclic amines) is 1. The van der Waals surface area contributed by atoms with Crippen molar-refractivity contribution in [3.63, 3.8) is 0 Å². The van der Waals surface area contributed by atoms with E-state index in [1.807, 2.05) is 7.05 Å². The van der Waals surface area contributed by atoms with Gasteiger partial charge in [0.2, 0.25) is 0 Å². The number of nitrogens with two attached hydrogens (primary N) is 1. The van der Waals surface area contributed by atoms with Gasteiger partial charge in [-0.1, -0.05) is 0 Å². The predicted molar refractivity (Wildman–Crippen MR) is 157 cm³/mol. The molecule has 0 saturated carbocycles. The number of hydrogen-bond acceptors (Lipinski definition) is 10. The second-order valence-electron chi connectivity index (χ2n) is 11.6. The molecule has 2 aromatic carbocycles. The standard InChI is InChI=1S/C30H29F2N7O2S/c1-38-7-6-16(38)11-41-30-36-27-24(29(37-30)39-14-2-3-15(39)10-35-9-14)19-13-40-12-18(19)23(26(27)32)25-20(31)4-5-21-22(25)17(8-33)28(34)42-21/h4-5,14-16,35H,2-3,6-7,9-13,34H2,1H3. The first-order chi connectivity index (χ1) is 20.4. The van der Waals surface area contributed by atoms with Gasteiger partial charge in [0.05, 0.1) is 24.2 Å². The Labute approximate surface area is 244 Å². The van der Waals surface area contributed by atoms with Gasteiger partial charge in [-0.2, -0.15) is 15.2 Å². The van der Waals surface area contributed by atoms with E-state index < -0.39 is 11.6 Å². The largest absolute Gasteiger partial charge is 0.462 e. The van der Waals surface area contributed by atoms with Crippen LogP contribution in [0.4, 0.5) is 19.6 Å². The second-order valence-corrected chi connectivity index (χ2v) is 12.7. The van der Waals surface area contributed by atoms with Crippen molar-refractivity contribution < 1.29 is 18.3 Å². The maximum Gasteiger partial charge on any atom is 0.319 e. The first kappa shape index (κ1) is 26.0. The molecule has 0 amide bonds. The number of thiophene rings is 1. The molecule has 9 nitrogen and oxygen atoms in total. The number of nitrogen functional groups attached to an aromatic ring is 1. The highest BCUT2D eigenvalue weighted by Gasteiger charge is 2.41. The zero-order valence-corrected chi connectivity index (χ0v) is 23.9. The van der Waals surface area contributed by atoms with Gasteiger partial charge in [0, 0.05) is 52.4 Å². The molecule has 3 unspecified atom stereocenters. The molecule has 12 heteroatoms. The van der Waals surface area contributed by atoms with Crippen LogP contribution in [-0.4, -0.2) is 66.3 Å².